The maximum absolute atomic E-state index is 13.2. The lowest BCUT2D eigenvalue weighted by Crippen LogP contribution is -2.30. The molecule has 1 amide bonds. The molecule has 1 atom stereocenters. The highest BCUT2D eigenvalue weighted by molar-refractivity contribution is 5.97. The van der Waals surface area contributed by atoms with Crippen molar-refractivity contribution in [2.75, 3.05) is 6.61 Å². The highest BCUT2D eigenvalue weighted by Crippen LogP contribution is 2.26. The molecule has 0 aliphatic carbocycles. The first-order valence-corrected chi connectivity index (χ1v) is 16.4. The third kappa shape index (κ3) is 16.5. The summed E-state index contributed by atoms with van der Waals surface area (Å²) >= 11 is 0. The third-order valence-electron chi connectivity index (χ3n) is 6.30. The Bertz CT molecular complexity index is 1000. The first-order valence-electron chi connectivity index (χ1n) is 16.4. The molecular weight excluding hydrogens is 538 g/mol. The molecule has 0 saturated heterocycles. The fraction of sp³-hybridized carbons (Fsp3) is 0.622. The van der Waals surface area contributed by atoms with Gasteiger partial charge in [0.15, 0.2) is 6.10 Å². The zero-order chi connectivity index (χ0) is 34.1. The third-order valence-corrected chi connectivity index (χ3v) is 6.30. The number of carboxylic acids is 1. The van der Waals surface area contributed by atoms with Gasteiger partial charge >= 0.3 is 5.97 Å². The summed E-state index contributed by atoms with van der Waals surface area (Å²) in [5.41, 5.74) is 6.55. The second-order valence-electron chi connectivity index (χ2n) is 9.70. The molecule has 0 radical (unpaired) electrons. The molecule has 1 aromatic carbocycles. The van der Waals surface area contributed by atoms with E-state index in [1.165, 1.54) is 5.56 Å². The van der Waals surface area contributed by atoms with Crippen molar-refractivity contribution >= 4 is 11.9 Å². The lowest BCUT2D eigenvalue weighted by atomic mass is 9.88. The molecule has 248 valence electrons. The monoisotopic (exact) mass is 603 g/mol. The average Bonchev–Trinajstić information content (AvgIpc) is 3.00. The highest BCUT2D eigenvalue weighted by atomic mass is 16.5. The van der Waals surface area contributed by atoms with Crippen LogP contribution >= 0.6 is 0 Å². The quantitative estimate of drug-likeness (QED) is 0.112. The van der Waals surface area contributed by atoms with E-state index in [1.807, 2.05) is 89.2 Å². The Kier molecular flexibility index (Phi) is 27.7. The number of rotatable bonds is 16. The highest BCUT2D eigenvalue weighted by Gasteiger charge is 2.23. The van der Waals surface area contributed by atoms with Gasteiger partial charge in [-0.25, -0.2) is 4.79 Å². The molecule has 6 nitrogen and oxygen atoms in total. The summed E-state index contributed by atoms with van der Waals surface area (Å²) in [6, 6.07) is 2.07. The Hall–Kier alpha value is -2.86. The fourth-order valence-corrected chi connectivity index (χ4v) is 4.38. The van der Waals surface area contributed by atoms with Crippen molar-refractivity contribution in [1.29, 1.82) is 0 Å². The van der Waals surface area contributed by atoms with Gasteiger partial charge in [-0.2, -0.15) is 0 Å². The number of benzene rings is 1. The number of hydrogen-bond acceptors (Lipinski definition) is 4. The molecule has 1 unspecified atom stereocenters. The summed E-state index contributed by atoms with van der Waals surface area (Å²) in [7, 11) is 0. The normalized spacial score (nSPS) is 11.8. The summed E-state index contributed by atoms with van der Waals surface area (Å²) < 4.78 is 11.4. The second-order valence-corrected chi connectivity index (χ2v) is 9.70. The predicted octanol–water partition coefficient (Wildman–Crippen LogP) is 9.59. The molecule has 1 rings (SSSR count). The lowest BCUT2D eigenvalue weighted by molar-refractivity contribution is -0.153. The van der Waals surface area contributed by atoms with E-state index in [-0.39, 0.29) is 18.4 Å². The Morgan fingerprint density at radius 1 is 1.00 bits per heavy atom. The number of carbonyl (C=O) groups excluding carboxylic acids is 1. The number of allylic oxidation sites excluding steroid dienone is 3. The van der Waals surface area contributed by atoms with Crippen molar-refractivity contribution in [2.45, 2.75) is 148 Å². The summed E-state index contributed by atoms with van der Waals surface area (Å²) in [6.45, 7) is 32.7. The van der Waals surface area contributed by atoms with E-state index in [0.717, 1.165) is 59.3 Å². The van der Waals surface area contributed by atoms with Gasteiger partial charge in [0.2, 0.25) is 0 Å². The van der Waals surface area contributed by atoms with Gasteiger partial charge in [0, 0.05) is 25.0 Å². The molecule has 0 heterocycles. The molecule has 43 heavy (non-hydrogen) atoms. The summed E-state index contributed by atoms with van der Waals surface area (Å²) in [6.07, 6.45) is 6.15. The maximum atomic E-state index is 13.2. The van der Waals surface area contributed by atoms with Gasteiger partial charge in [0.1, 0.15) is 0 Å². The van der Waals surface area contributed by atoms with E-state index in [1.54, 1.807) is 6.08 Å². The molecule has 0 saturated carbocycles. The Morgan fingerprint density at radius 2 is 1.58 bits per heavy atom. The second kappa shape index (κ2) is 26.7. The van der Waals surface area contributed by atoms with Crippen LogP contribution in [0.5, 0.6) is 0 Å². The van der Waals surface area contributed by atoms with Crippen LogP contribution < -0.4 is 5.32 Å². The van der Waals surface area contributed by atoms with Gasteiger partial charge in [0.25, 0.3) is 5.91 Å². The standard InChI is InChI=1S/C31H47NO5.3C2H6/c1-10-14-27-21(7)16-24(18-29(31(34)35)37-20(5)6)23(9)28(27)19-32-30(33)26(13-4)22(8)17-25(12-3)36-15-11-2;3*1-2/h13,16-17,20,29H,4,10-12,14-15,18-19H2,1-3,5-9H3,(H,32,33)(H,34,35);3*1-2H3/b25-17+,26-22+;;;. The number of nitrogens with one attached hydrogen (secondary N) is 1. The summed E-state index contributed by atoms with van der Waals surface area (Å²) in [4.78, 5) is 25.0. The summed E-state index contributed by atoms with van der Waals surface area (Å²) in [5, 5.41) is 12.8. The Labute approximate surface area is 265 Å². The van der Waals surface area contributed by atoms with E-state index < -0.39 is 12.1 Å². The van der Waals surface area contributed by atoms with E-state index >= 15 is 0 Å². The van der Waals surface area contributed by atoms with Crippen LogP contribution in [-0.4, -0.2) is 35.8 Å². The molecule has 0 fully saturated rings. The summed E-state index contributed by atoms with van der Waals surface area (Å²) in [5.74, 6) is -0.337. The van der Waals surface area contributed by atoms with Crippen LogP contribution in [0.3, 0.4) is 0 Å². The molecule has 1 aromatic rings. The topological polar surface area (TPSA) is 84.9 Å². The van der Waals surface area contributed by atoms with Crippen LogP contribution in [0.25, 0.3) is 0 Å². The zero-order valence-electron chi connectivity index (χ0n) is 30.1. The maximum Gasteiger partial charge on any atom is 0.333 e. The van der Waals surface area contributed by atoms with Crippen molar-refractivity contribution < 1.29 is 24.2 Å². The predicted molar refractivity (Wildman–Crippen MR) is 185 cm³/mol. The van der Waals surface area contributed by atoms with Crippen molar-refractivity contribution in [3.05, 3.63) is 69.5 Å². The first-order chi connectivity index (χ1) is 20.5. The van der Waals surface area contributed by atoms with Crippen LogP contribution in [0.4, 0.5) is 0 Å². The number of amides is 1. The molecule has 2 N–H and O–H groups in total. The van der Waals surface area contributed by atoms with Gasteiger partial charge in [0.05, 0.1) is 18.5 Å². The van der Waals surface area contributed by atoms with Crippen molar-refractivity contribution in [1.82, 2.24) is 5.32 Å². The lowest BCUT2D eigenvalue weighted by Gasteiger charge is -2.22. The molecule has 0 spiro atoms. The van der Waals surface area contributed by atoms with Crippen molar-refractivity contribution in [3.63, 3.8) is 0 Å². The van der Waals surface area contributed by atoms with Gasteiger partial charge in [-0.15, -0.1) is 0 Å². The minimum absolute atomic E-state index is 0.192. The minimum atomic E-state index is -0.975. The van der Waals surface area contributed by atoms with E-state index in [0.29, 0.717) is 18.7 Å². The molecule has 6 heteroatoms. The Balaban J connectivity index is -0.00000250. The smallest absolute Gasteiger partial charge is 0.333 e. The van der Waals surface area contributed by atoms with E-state index in [4.69, 9.17) is 9.47 Å². The fourth-order valence-electron chi connectivity index (χ4n) is 4.38. The van der Waals surface area contributed by atoms with Crippen LogP contribution in [0.15, 0.2) is 41.7 Å². The number of carboxylic acid groups (broad SMARTS) is 1. The van der Waals surface area contributed by atoms with E-state index in [9.17, 15) is 14.7 Å². The average molecular weight is 604 g/mol. The van der Waals surface area contributed by atoms with Crippen LogP contribution in [0, 0.1) is 13.8 Å². The molecule has 0 aliphatic heterocycles. The molecule has 0 bridgehead atoms. The van der Waals surface area contributed by atoms with Gasteiger partial charge in [-0.05, 0) is 86.9 Å². The number of hydrogen-bond donors (Lipinski definition) is 2. The number of ether oxygens (including phenoxy) is 2. The zero-order valence-corrected chi connectivity index (χ0v) is 30.1. The Morgan fingerprint density at radius 3 is 2.02 bits per heavy atom. The number of aryl methyl sites for hydroxylation is 1. The first kappa shape index (κ1) is 44.6. The van der Waals surface area contributed by atoms with Gasteiger partial charge in [-0.1, -0.05) is 87.5 Å². The minimum Gasteiger partial charge on any atom is -0.498 e. The van der Waals surface area contributed by atoms with E-state index in [2.05, 4.69) is 31.8 Å². The van der Waals surface area contributed by atoms with Crippen LogP contribution in [-0.2, 0) is 38.4 Å². The van der Waals surface area contributed by atoms with Crippen LogP contribution in [0.1, 0.15) is 130 Å². The SMILES string of the molecule is C=C/C(C(=O)NCc1c(C)c(CC(OC(C)C)C(=O)O)cc(C)c1CCC)=C(C)\C=C(/CC)OCCC.CC.CC.CC. The van der Waals surface area contributed by atoms with Crippen molar-refractivity contribution in [3.8, 4) is 0 Å². The van der Waals surface area contributed by atoms with Crippen LogP contribution in [0.2, 0.25) is 0 Å². The number of aliphatic carboxylic acids is 1. The van der Waals surface area contributed by atoms with Gasteiger partial charge in [-0.3, -0.25) is 4.79 Å². The molecular formula is C37H65NO5. The number of carbonyl (C=O) groups is 2. The largest absolute Gasteiger partial charge is 0.498 e. The molecule has 0 aliphatic rings. The van der Waals surface area contributed by atoms with Gasteiger partial charge < -0.3 is 19.9 Å². The van der Waals surface area contributed by atoms with Crippen molar-refractivity contribution in [2.24, 2.45) is 0 Å². The molecule has 0 aromatic heterocycles.